The topological polar surface area (TPSA) is 83.0 Å². The van der Waals surface area contributed by atoms with Crippen molar-refractivity contribution in [1.29, 1.82) is 5.26 Å². The third kappa shape index (κ3) is 2.06. The van der Waals surface area contributed by atoms with Crippen molar-refractivity contribution in [2.45, 2.75) is 6.43 Å². The Morgan fingerprint density at radius 2 is 2.25 bits per heavy atom. The Kier molecular flexibility index (Phi) is 3.35. The van der Waals surface area contributed by atoms with Crippen LogP contribution in [-0.4, -0.2) is 18.1 Å². The predicted octanol–water partition coefficient (Wildman–Crippen LogP) is 0.971. The van der Waals surface area contributed by atoms with Gasteiger partial charge < -0.3 is 9.72 Å². The molecule has 0 bridgehead atoms. The summed E-state index contributed by atoms with van der Waals surface area (Å²) >= 11 is 0. The summed E-state index contributed by atoms with van der Waals surface area (Å²) < 4.78 is 28.9. The first kappa shape index (κ1) is 11.8. The number of nitrogens with one attached hydrogen (secondary N) is 1. The number of halogens is 2. The lowest BCUT2D eigenvalue weighted by molar-refractivity contribution is 0.0592. The van der Waals surface area contributed by atoms with E-state index in [4.69, 9.17) is 5.26 Å². The third-order valence-electron chi connectivity index (χ3n) is 1.81. The molecule has 0 fully saturated rings. The summed E-state index contributed by atoms with van der Waals surface area (Å²) in [6.07, 6.45) is -3.01. The number of pyridine rings is 1. The molecule has 0 aliphatic carbocycles. The van der Waals surface area contributed by atoms with Gasteiger partial charge in [-0.15, -0.1) is 0 Å². The zero-order valence-corrected chi connectivity index (χ0v) is 8.08. The van der Waals surface area contributed by atoms with Crippen LogP contribution in [0, 0.1) is 11.3 Å². The van der Waals surface area contributed by atoms with Gasteiger partial charge in [-0.3, -0.25) is 4.79 Å². The molecule has 5 nitrogen and oxygen atoms in total. The fraction of sp³-hybridized carbons (Fsp3) is 0.222. The number of esters is 1. The van der Waals surface area contributed by atoms with Crippen molar-refractivity contribution in [3.63, 3.8) is 0 Å². The number of alkyl halides is 2. The molecule has 0 aromatic carbocycles. The summed E-state index contributed by atoms with van der Waals surface area (Å²) in [5.74, 6) is -0.963. The SMILES string of the molecule is COC(=O)c1[nH]c(=O)c(C(F)F)cc1C#N. The number of methoxy groups -OCH3 is 1. The lowest BCUT2D eigenvalue weighted by Crippen LogP contribution is -2.20. The Hall–Kier alpha value is -2.23. The highest BCUT2D eigenvalue weighted by Gasteiger charge is 2.19. The van der Waals surface area contributed by atoms with Crippen LogP contribution in [0.15, 0.2) is 10.9 Å². The molecule has 84 valence electrons. The van der Waals surface area contributed by atoms with E-state index in [0.717, 1.165) is 7.11 Å². The van der Waals surface area contributed by atoms with Gasteiger partial charge in [0.05, 0.1) is 18.2 Å². The first-order chi connectivity index (χ1) is 7.51. The van der Waals surface area contributed by atoms with E-state index in [2.05, 4.69) is 4.74 Å². The van der Waals surface area contributed by atoms with E-state index in [0.29, 0.717) is 6.07 Å². The molecule has 1 aromatic rings. The van der Waals surface area contributed by atoms with Crippen LogP contribution in [0.5, 0.6) is 0 Å². The van der Waals surface area contributed by atoms with E-state index < -0.39 is 29.2 Å². The maximum atomic E-state index is 12.3. The Morgan fingerprint density at radius 1 is 1.62 bits per heavy atom. The van der Waals surface area contributed by atoms with Gasteiger partial charge in [-0.1, -0.05) is 0 Å². The molecular weight excluding hydrogens is 222 g/mol. The number of ether oxygens (including phenoxy) is 1. The van der Waals surface area contributed by atoms with E-state index in [-0.39, 0.29) is 5.56 Å². The van der Waals surface area contributed by atoms with Crippen LogP contribution in [-0.2, 0) is 4.74 Å². The summed E-state index contributed by atoms with van der Waals surface area (Å²) in [7, 11) is 1.04. The minimum Gasteiger partial charge on any atom is -0.464 e. The van der Waals surface area contributed by atoms with Crippen molar-refractivity contribution in [3.05, 3.63) is 33.2 Å². The van der Waals surface area contributed by atoms with Gasteiger partial charge >= 0.3 is 5.97 Å². The number of nitriles is 1. The fourth-order valence-electron chi connectivity index (χ4n) is 1.06. The van der Waals surface area contributed by atoms with Crippen molar-refractivity contribution in [3.8, 4) is 6.07 Å². The third-order valence-corrected chi connectivity index (χ3v) is 1.81. The first-order valence-electron chi connectivity index (χ1n) is 4.05. The second-order valence-corrected chi connectivity index (χ2v) is 2.75. The van der Waals surface area contributed by atoms with Crippen LogP contribution in [0.3, 0.4) is 0 Å². The van der Waals surface area contributed by atoms with E-state index >= 15 is 0 Å². The lowest BCUT2D eigenvalue weighted by Gasteiger charge is -2.04. The highest BCUT2D eigenvalue weighted by Crippen LogP contribution is 2.16. The van der Waals surface area contributed by atoms with Gasteiger partial charge in [0.15, 0.2) is 0 Å². The van der Waals surface area contributed by atoms with Gasteiger partial charge in [-0.25, -0.2) is 13.6 Å². The molecule has 1 heterocycles. The van der Waals surface area contributed by atoms with E-state index in [1.54, 1.807) is 0 Å². The number of carbonyl (C=O) groups excluding carboxylic acids is 1. The second-order valence-electron chi connectivity index (χ2n) is 2.75. The molecule has 1 rings (SSSR count). The zero-order valence-electron chi connectivity index (χ0n) is 8.08. The molecule has 0 spiro atoms. The average molecular weight is 228 g/mol. The lowest BCUT2D eigenvalue weighted by atomic mass is 10.1. The van der Waals surface area contributed by atoms with Crippen molar-refractivity contribution in [2.75, 3.05) is 7.11 Å². The minimum absolute atomic E-state index is 0.359. The van der Waals surface area contributed by atoms with Crippen LogP contribution in [0.4, 0.5) is 8.78 Å². The summed E-state index contributed by atoms with van der Waals surface area (Å²) in [5.41, 5.74) is -2.76. The monoisotopic (exact) mass is 228 g/mol. The first-order valence-corrected chi connectivity index (χ1v) is 4.05. The number of rotatable bonds is 2. The largest absolute Gasteiger partial charge is 0.464 e. The van der Waals surface area contributed by atoms with Crippen molar-refractivity contribution >= 4 is 5.97 Å². The molecule has 0 aliphatic rings. The van der Waals surface area contributed by atoms with E-state index in [1.807, 2.05) is 4.98 Å². The van der Waals surface area contributed by atoms with Crippen molar-refractivity contribution in [1.82, 2.24) is 4.98 Å². The van der Waals surface area contributed by atoms with Crippen LogP contribution in [0.2, 0.25) is 0 Å². The quantitative estimate of drug-likeness (QED) is 0.764. The molecule has 0 saturated carbocycles. The molecular formula is C9H6F2N2O3. The van der Waals surface area contributed by atoms with Crippen LogP contribution < -0.4 is 5.56 Å². The Balaban J connectivity index is 3.46. The molecule has 16 heavy (non-hydrogen) atoms. The molecule has 7 heteroatoms. The Bertz CT molecular complexity index is 516. The van der Waals surface area contributed by atoms with Crippen molar-refractivity contribution < 1.29 is 18.3 Å². The van der Waals surface area contributed by atoms with E-state index in [9.17, 15) is 18.4 Å². The average Bonchev–Trinajstić information content (AvgIpc) is 2.27. The molecule has 1 N–H and O–H groups in total. The number of H-pyrrole nitrogens is 1. The van der Waals surface area contributed by atoms with Crippen LogP contribution in [0.1, 0.15) is 28.0 Å². The Labute approximate surface area is 88.3 Å². The van der Waals surface area contributed by atoms with Gasteiger partial charge in [0.25, 0.3) is 12.0 Å². The maximum absolute atomic E-state index is 12.3. The minimum atomic E-state index is -3.01. The number of nitrogens with zero attached hydrogens (tertiary/aromatic N) is 1. The highest BCUT2D eigenvalue weighted by molar-refractivity contribution is 5.89. The molecule has 0 radical (unpaired) electrons. The summed E-state index contributed by atoms with van der Waals surface area (Å²) in [6, 6.07) is 2.21. The molecule has 0 atom stereocenters. The van der Waals surface area contributed by atoms with Gasteiger partial charge in [-0.2, -0.15) is 5.26 Å². The molecule has 0 unspecified atom stereocenters. The van der Waals surface area contributed by atoms with Gasteiger partial charge in [0.2, 0.25) is 0 Å². The normalized spacial score (nSPS) is 9.94. The standard InChI is InChI=1S/C9H6F2N2O3/c1-16-9(15)6-4(3-12)2-5(7(10)11)8(14)13-6/h2,7H,1H3,(H,13,14). The summed E-state index contributed by atoms with van der Waals surface area (Å²) in [5, 5.41) is 8.64. The number of carbonyl (C=O) groups is 1. The van der Waals surface area contributed by atoms with Gasteiger partial charge in [0.1, 0.15) is 11.8 Å². The molecule has 0 amide bonds. The summed E-state index contributed by atoms with van der Waals surface area (Å²) in [4.78, 5) is 24.1. The zero-order chi connectivity index (χ0) is 12.3. The van der Waals surface area contributed by atoms with Crippen LogP contribution in [0.25, 0.3) is 0 Å². The number of aromatic amines is 1. The van der Waals surface area contributed by atoms with Gasteiger partial charge in [-0.05, 0) is 6.07 Å². The number of aromatic nitrogens is 1. The Morgan fingerprint density at radius 3 is 2.69 bits per heavy atom. The van der Waals surface area contributed by atoms with Gasteiger partial charge in [0, 0.05) is 0 Å². The highest BCUT2D eigenvalue weighted by atomic mass is 19.3. The number of hydrogen-bond donors (Lipinski definition) is 1. The van der Waals surface area contributed by atoms with Crippen molar-refractivity contribution in [2.24, 2.45) is 0 Å². The van der Waals surface area contributed by atoms with E-state index in [1.165, 1.54) is 6.07 Å². The maximum Gasteiger partial charge on any atom is 0.355 e. The molecule has 0 saturated heterocycles. The fourth-order valence-corrected chi connectivity index (χ4v) is 1.06. The molecule has 1 aromatic heterocycles. The predicted molar refractivity (Wildman–Crippen MR) is 48.1 cm³/mol. The second kappa shape index (κ2) is 4.53. The molecule has 0 aliphatic heterocycles. The summed E-state index contributed by atoms with van der Waals surface area (Å²) in [6.45, 7) is 0. The van der Waals surface area contributed by atoms with Crippen LogP contribution >= 0.6 is 0 Å². The smallest absolute Gasteiger partial charge is 0.355 e. The number of hydrogen-bond acceptors (Lipinski definition) is 4.